The summed E-state index contributed by atoms with van der Waals surface area (Å²) in [6, 6.07) is 0. The number of carbonyl (C=O) groups is 2. The van der Waals surface area contributed by atoms with E-state index in [1.54, 1.807) is 0 Å². The fraction of sp³-hybridized carbons (Fsp3) is 0.733. The van der Waals surface area contributed by atoms with Crippen LogP contribution in [0.1, 0.15) is 45.4 Å². The Balaban J connectivity index is 0.000000293. The molecule has 0 spiro atoms. The maximum Gasteiger partial charge on any atom is 0.0755 e. The van der Waals surface area contributed by atoms with Gasteiger partial charge in [-0.3, -0.25) is 0 Å². The van der Waals surface area contributed by atoms with Crippen LogP contribution in [0.25, 0.3) is 0 Å². The van der Waals surface area contributed by atoms with Crippen molar-refractivity contribution in [3.05, 3.63) is 11.6 Å². The molecule has 2 heterocycles. The second-order valence-electron chi connectivity index (χ2n) is 5.29. The van der Waals surface area contributed by atoms with Crippen LogP contribution in [0.3, 0.4) is 0 Å². The first kappa shape index (κ1) is 19.6. The summed E-state index contributed by atoms with van der Waals surface area (Å²) >= 11 is 0. The Morgan fingerprint density at radius 2 is 1.19 bits per heavy atom. The highest BCUT2D eigenvalue weighted by molar-refractivity contribution is 5.92. The molecule has 0 atom stereocenters. The van der Waals surface area contributed by atoms with Gasteiger partial charge in [-0.1, -0.05) is 0 Å². The van der Waals surface area contributed by atoms with E-state index in [4.69, 9.17) is 0 Å². The lowest BCUT2D eigenvalue weighted by molar-refractivity contribution is -0.662. The summed E-state index contributed by atoms with van der Waals surface area (Å²) in [5.74, 6) is -3.03. The zero-order valence-electron chi connectivity index (χ0n) is 12.9. The topological polar surface area (TPSA) is 113 Å². The van der Waals surface area contributed by atoms with Gasteiger partial charge in [0.25, 0.3) is 0 Å². The van der Waals surface area contributed by atoms with E-state index >= 15 is 0 Å². The number of nitrogens with two attached hydrogens (primary N) is 2. The van der Waals surface area contributed by atoms with E-state index in [9.17, 15) is 19.8 Å². The largest absolute Gasteiger partial charge is 0.545 e. The van der Waals surface area contributed by atoms with Gasteiger partial charge in [-0.25, -0.2) is 0 Å². The molecule has 2 saturated heterocycles. The van der Waals surface area contributed by atoms with Gasteiger partial charge in [-0.15, -0.1) is 0 Å². The van der Waals surface area contributed by atoms with Crippen LogP contribution in [0.5, 0.6) is 0 Å². The lowest BCUT2D eigenvalue weighted by atomic mass is 10.2. The van der Waals surface area contributed by atoms with E-state index in [0.717, 1.165) is 6.92 Å². The average molecular weight is 300 g/mol. The van der Waals surface area contributed by atoms with Gasteiger partial charge in [0.1, 0.15) is 0 Å². The smallest absolute Gasteiger partial charge is 0.0755 e. The first-order valence-corrected chi connectivity index (χ1v) is 7.78. The van der Waals surface area contributed by atoms with Crippen molar-refractivity contribution in [2.24, 2.45) is 0 Å². The molecule has 6 nitrogen and oxygen atoms in total. The number of hydrogen-bond donors (Lipinski definition) is 2. The van der Waals surface area contributed by atoms with E-state index in [0.29, 0.717) is 6.08 Å². The zero-order chi connectivity index (χ0) is 15.9. The van der Waals surface area contributed by atoms with E-state index in [2.05, 4.69) is 10.6 Å². The van der Waals surface area contributed by atoms with Gasteiger partial charge >= 0.3 is 0 Å². The van der Waals surface area contributed by atoms with Crippen molar-refractivity contribution in [1.82, 2.24) is 0 Å². The summed E-state index contributed by atoms with van der Waals surface area (Å²) in [6.45, 7) is 6.62. The summed E-state index contributed by atoms with van der Waals surface area (Å²) in [5, 5.41) is 24.2. The maximum absolute atomic E-state index is 9.76. The predicted octanol–water partition coefficient (Wildman–Crippen LogP) is -3.10. The van der Waals surface area contributed by atoms with Crippen molar-refractivity contribution in [2.75, 3.05) is 26.2 Å². The van der Waals surface area contributed by atoms with Gasteiger partial charge in [0.2, 0.25) is 0 Å². The van der Waals surface area contributed by atoms with Crippen molar-refractivity contribution in [2.45, 2.75) is 45.4 Å². The van der Waals surface area contributed by atoms with Crippen LogP contribution in [0.4, 0.5) is 0 Å². The molecular weight excluding hydrogens is 272 g/mol. The molecule has 0 aromatic heterocycles. The third-order valence-electron chi connectivity index (χ3n) is 3.29. The molecule has 21 heavy (non-hydrogen) atoms. The zero-order valence-corrected chi connectivity index (χ0v) is 12.9. The fourth-order valence-electron chi connectivity index (χ4n) is 2.03. The molecule has 2 fully saturated rings. The number of piperidine rings is 2. The van der Waals surface area contributed by atoms with Gasteiger partial charge in [-0.2, -0.15) is 0 Å². The van der Waals surface area contributed by atoms with Crippen LogP contribution in [0.15, 0.2) is 11.6 Å². The van der Waals surface area contributed by atoms with Crippen molar-refractivity contribution in [3.8, 4) is 0 Å². The third kappa shape index (κ3) is 14.8. The molecule has 6 heteroatoms. The van der Waals surface area contributed by atoms with Crippen molar-refractivity contribution in [1.29, 1.82) is 0 Å². The molecule has 0 aromatic carbocycles. The Bertz CT molecular complexity index is 287. The third-order valence-corrected chi connectivity index (χ3v) is 3.29. The minimum absolute atomic E-state index is 0.352. The molecule has 0 amide bonds. The quantitative estimate of drug-likeness (QED) is 0.526. The molecular formula is C15H28N2O4. The fourth-order valence-corrected chi connectivity index (χ4v) is 2.03. The summed E-state index contributed by atoms with van der Waals surface area (Å²) in [4.78, 5) is 19.4. The van der Waals surface area contributed by atoms with Gasteiger partial charge in [-0.05, 0) is 57.1 Å². The van der Waals surface area contributed by atoms with E-state index in [1.807, 2.05) is 0 Å². The molecule has 0 radical (unpaired) electrons. The number of aliphatic carboxylic acids is 2. The number of carboxylic acid groups (broad SMARTS) is 2. The lowest BCUT2D eigenvalue weighted by Crippen LogP contribution is -2.85. The van der Waals surface area contributed by atoms with Crippen molar-refractivity contribution >= 4 is 11.9 Å². The monoisotopic (exact) mass is 300 g/mol. The standard InChI is InChI=1S/2C5H11N.C5H6O4/c2*1-2-4-6-5-3-1;1-3(5(8)9)2-4(6)7/h2*6H,1-5H2;2H,1H3,(H,6,7)(H,8,9)/b;;3-2+. The highest BCUT2D eigenvalue weighted by Gasteiger charge is 1.98. The average Bonchev–Trinajstić information content (AvgIpc) is 2.51. The van der Waals surface area contributed by atoms with Crippen LogP contribution < -0.4 is 20.8 Å². The molecule has 0 saturated carbocycles. The number of quaternary nitrogens is 2. The molecule has 122 valence electrons. The second-order valence-corrected chi connectivity index (χ2v) is 5.29. The minimum Gasteiger partial charge on any atom is -0.545 e. The Hall–Kier alpha value is -1.40. The summed E-state index contributed by atoms with van der Waals surface area (Å²) in [5.41, 5.74) is -0.352. The molecule has 2 rings (SSSR count). The molecule has 4 N–H and O–H groups in total. The Morgan fingerprint density at radius 1 is 0.810 bits per heavy atom. The van der Waals surface area contributed by atoms with E-state index < -0.39 is 11.9 Å². The number of hydrogen-bond acceptors (Lipinski definition) is 4. The highest BCUT2D eigenvalue weighted by atomic mass is 16.4. The first-order valence-electron chi connectivity index (χ1n) is 7.78. The SMILES string of the molecule is C/C(=C\C(=O)[O-])C(=O)[O-].C1CC[NH2+]CC1.C1CC[NH2+]CC1. The Morgan fingerprint density at radius 3 is 1.29 bits per heavy atom. The Kier molecular flexibility index (Phi) is 12.7. The Labute approximate surface area is 126 Å². The van der Waals surface area contributed by atoms with Gasteiger partial charge < -0.3 is 30.4 Å². The molecule has 0 aromatic rings. The van der Waals surface area contributed by atoms with Crippen LogP contribution in [-0.2, 0) is 9.59 Å². The molecule has 0 aliphatic carbocycles. The summed E-state index contributed by atoms with van der Waals surface area (Å²) in [7, 11) is 0. The van der Waals surface area contributed by atoms with Gasteiger partial charge in [0, 0.05) is 0 Å². The van der Waals surface area contributed by atoms with Crippen LogP contribution in [-0.4, -0.2) is 38.1 Å². The van der Waals surface area contributed by atoms with E-state index in [1.165, 1.54) is 64.7 Å². The van der Waals surface area contributed by atoms with Gasteiger partial charge in [0.15, 0.2) is 0 Å². The number of carboxylic acids is 2. The second kappa shape index (κ2) is 13.6. The van der Waals surface area contributed by atoms with Crippen LogP contribution in [0, 0.1) is 0 Å². The highest BCUT2D eigenvalue weighted by Crippen LogP contribution is 1.92. The molecule has 0 bridgehead atoms. The summed E-state index contributed by atoms with van der Waals surface area (Å²) < 4.78 is 0. The van der Waals surface area contributed by atoms with Crippen molar-refractivity contribution < 1.29 is 30.4 Å². The number of rotatable bonds is 2. The lowest BCUT2D eigenvalue weighted by Gasteiger charge is -2.05. The first-order chi connectivity index (χ1) is 10.0. The van der Waals surface area contributed by atoms with E-state index in [-0.39, 0.29) is 5.57 Å². The molecule has 2 aliphatic heterocycles. The maximum atomic E-state index is 9.76. The summed E-state index contributed by atoms with van der Waals surface area (Å²) in [6.07, 6.45) is 9.18. The van der Waals surface area contributed by atoms with Crippen molar-refractivity contribution in [3.63, 3.8) is 0 Å². The molecule has 0 unspecified atom stereocenters. The van der Waals surface area contributed by atoms with Crippen LogP contribution >= 0.6 is 0 Å². The molecule has 2 aliphatic rings. The van der Waals surface area contributed by atoms with Crippen LogP contribution in [0.2, 0.25) is 0 Å². The number of carbonyl (C=O) groups excluding carboxylic acids is 2. The predicted molar refractivity (Wildman–Crippen MR) is 74.8 cm³/mol. The normalized spacial score (nSPS) is 18.4. The minimum atomic E-state index is -1.53. The van der Waals surface area contributed by atoms with Gasteiger partial charge in [0.05, 0.1) is 38.1 Å².